The summed E-state index contributed by atoms with van der Waals surface area (Å²) in [5, 5.41) is 0.669. The first-order chi connectivity index (χ1) is 6.61. The van der Waals surface area contributed by atoms with Gasteiger partial charge in [0.05, 0.1) is 22.9 Å². The molecular formula is C10H11N3O. The highest BCUT2D eigenvalue weighted by Gasteiger charge is 2.07. The van der Waals surface area contributed by atoms with Crippen LogP contribution in [0.1, 0.15) is 11.3 Å². The molecule has 0 radical (unpaired) electrons. The van der Waals surface area contributed by atoms with E-state index in [0.29, 0.717) is 10.9 Å². The van der Waals surface area contributed by atoms with Crippen LogP contribution in [0, 0.1) is 13.8 Å². The minimum absolute atomic E-state index is 0.0157. The van der Waals surface area contributed by atoms with Gasteiger partial charge in [0.2, 0.25) is 0 Å². The molecule has 0 unspecified atom stereocenters. The van der Waals surface area contributed by atoms with E-state index in [2.05, 4.69) is 9.97 Å². The number of rotatable bonds is 0. The van der Waals surface area contributed by atoms with Crippen molar-refractivity contribution in [3.05, 3.63) is 34.1 Å². The molecule has 0 aliphatic rings. The molecule has 2 rings (SSSR count). The van der Waals surface area contributed by atoms with Gasteiger partial charge in [-0.15, -0.1) is 0 Å². The summed E-state index contributed by atoms with van der Waals surface area (Å²) in [6, 6.07) is 0. The maximum Gasteiger partial charge on any atom is 0.261 e. The number of aromatic nitrogens is 3. The van der Waals surface area contributed by atoms with Crippen molar-refractivity contribution in [3.63, 3.8) is 0 Å². The second-order valence-electron chi connectivity index (χ2n) is 3.41. The minimum Gasteiger partial charge on any atom is -0.302 e. The molecule has 2 heterocycles. The lowest BCUT2D eigenvalue weighted by Gasteiger charge is -2.04. The first-order valence-corrected chi connectivity index (χ1v) is 4.39. The minimum atomic E-state index is -0.0157. The van der Waals surface area contributed by atoms with Crippen LogP contribution in [0.4, 0.5) is 0 Å². The van der Waals surface area contributed by atoms with Crippen LogP contribution in [0.25, 0.3) is 10.9 Å². The smallest absolute Gasteiger partial charge is 0.261 e. The van der Waals surface area contributed by atoms with Crippen molar-refractivity contribution in [1.82, 2.24) is 14.5 Å². The van der Waals surface area contributed by atoms with Crippen LogP contribution in [-0.2, 0) is 7.05 Å². The highest BCUT2D eigenvalue weighted by molar-refractivity contribution is 5.82. The Morgan fingerprint density at radius 2 is 2.00 bits per heavy atom. The quantitative estimate of drug-likeness (QED) is 0.619. The molecule has 14 heavy (non-hydrogen) atoms. The monoisotopic (exact) mass is 189 g/mol. The Morgan fingerprint density at radius 3 is 2.71 bits per heavy atom. The second-order valence-corrected chi connectivity index (χ2v) is 3.41. The molecule has 2 aromatic heterocycles. The van der Waals surface area contributed by atoms with E-state index in [1.807, 2.05) is 13.8 Å². The summed E-state index contributed by atoms with van der Waals surface area (Å²) in [6.07, 6.45) is 3.24. The number of fused-ring (bicyclic) bond motifs is 1. The van der Waals surface area contributed by atoms with Gasteiger partial charge in [0.25, 0.3) is 5.56 Å². The molecule has 2 aromatic rings. The molecule has 0 bridgehead atoms. The summed E-state index contributed by atoms with van der Waals surface area (Å²) in [5.41, 5.74) is 2.36. The van der Waals surface area contributed by atoms with Crippen molar-refractivity contribution in [2.75, 3.05) is 0 Å². The van der Waals surface area contributed by atoms with Gasteiger partial charge >= 0.3 is 0 Å². The molecule has 0 aliphatic heterocycles. The van der Waals surface area contributed by atoms with Gasteiger partial charge in [0, 0.05) is 13.2 Å². The third-order valence-corrected chi connectivity index (χ3v) is 2.32. The Morgan fingerprint density at radius 1 is 1.29 bits per heavy atom. The van der Waals surface area contributed by atoms with Gasteiger partial charge < -0.3 is 4.57 Å². The van der Waals surface area contributed by atoms with Gasteiger partial charge in [0.1, 0.15) is 0 Å². The Balaban J connectivity index is 3.09. The third kappa shape index (κ3) is 1.11. The van der Waals surface area contributed by atoms with Crippen molar-refractivity contribution in [2.24, 2.45) is 7.05 Å². The number of hydrogen-bond donors (Lipinski definition) is 0. The standard InChI is InChI=1S/C10H11N3O/c1-6-4-11-7(2)9-8(6)10(14)13(3)5-12-9/h4-5H,1-3H3. The van der Waals surface area contributed by atoms with Crippen LogP contribution >= 0.6 is 0 Å². The maximum atomic E-state index is 11.8. The lowest BCUT2D eigenvalue weighted by atomic mass is 10.1. The average Bonchev–Trinajstić information content (AvgIpc) is 2.16. The van der Waals surface area contributed by atoms with E-state index in [9.17, 15) is 4.79 Å². The van der Waals surface area contributed by atoms with E-state index >= 15 is 0 Å². The average molecular weight is 189 g/mol. The van der Waals surface area contributed by atoms with E-state index in [4.69, 9.17) is 0 Å². The van der Waals surface area contributed by atoms with Crippen LogP contribution < -0.4 is 5.56 Å². The van der Waals surface area contributed by atoms with Gasteiger partial charge in [-0.25, -0.2) is 4.98 Å². The summed E-state index contributed by atoms with van der Waals surface area (Å²) in [4.78, 5) is 20.2. The second kappa shape index (κ2) is 2.90. The molecule has 0 saturated heterocycles. The van der Waals surface area contributed by atoms with Gasteiger partial charge in [0.15, 0.2) is 0 Å². The normalized spacial score (nSPS) is 10.8. The number of hydrogen-bond acceptors (Lipinski definition) is 3. The molecule has 0 N–H and O–H groups in total. The summed E-state index contributed by atoms with van der Waals surface area (Å²) in [7, 11) is 1.70. The molecule has 72 valence electrons. The lowest BCUT2D eigenvalue weighted by molar-refractivity contribution is 0.839. The van der Waals surface area contributed by atoms with Crippen molar-refractivity contribution >= 4 is 10.9 Å². The largest absolute Gasteiger partial charge is 0.302 e. The molecule has 0 saturated carbocycles. The highest BCUT2D eigenvalue weighted by atomic mass is 16.1. The fraction of sp³-hybridized carbons (Fsp3) is 0.300. The molecule has 4 heteroatoms. The van der Waals surface area contributed by atoms with Crippen LogP contribution in [0.2, 0.25) is 0 Å². The fourth-order valence-electron chi connectivity index (χ4n) is 1.49. The molecule has 0 spiro atoms. The Hall–Kier alpha value is -1.71. The lowest BCUT2D eigenvalue weighted by Crippen LogP contribution is -2.18. The van der Waals surface area contributed by atoms with Crippen molar-refractivity contribution in [2.45, 2.75) is 13.8 Å². The van der Waals surface area contributed by atoms with E-state index < -0.39 is 0 Å². The highest BCUT2D eigenvalue weighted by Crippen LogP contribution is 2.12. The van der Waals surface area contributed by atoms with E-state index in [-0.39, 0.29) is 5.56 Å². The molecule has 0 aromatic carbocycles. The predicted molar refractivity (Wildman–Crippen MR) is 54.3 cm³/mol. The third-order valence-electron chi connectivity index (χ3n) is 2.32. The van der Waals surface area contributed by atoms with Crippen LogP contribution in [-0.4, -0.2) is 14.5 Å². The summed E-state index contributed by atoms with van der Waals surface area (Å²) >= 11 is 0. The van der Waals surface area contributed by atoms with Crippen LogP contribution in [0.15, 0.2) is 17.3 Å². The Labute approximate surface area is 81.2 Å². The van der Waals surface area contributed by atoms with Crippen LogP contribution in [0.5, 0.6) is 0 Å². The maximum absolute atomic E-state index is 11.8. The number of pyridine rings is 1. The van der Waals surface area contributed by atoms with Crippen molar-refractivity contribution in [3.8, 4) is 0 Å². The molecule has 4 nitrogen and oxygen atoms in total. The fourth-order valence-corrected chi connectivity index (χ4v) is 1.49. The zero-order valence-electron chi connectivity index (χ0n) is 8.40. The first kappa shape index (κ1) is 8.87. The van der Waals surface area contributed by atoms with E-state index in [1.54, 1.807) is 13.2 Å². The number of aryl methyl sites for hydroxylation is 3. The van der Waals surface area contributed by atoms with Gasteiger partial charge in [-0.05, 0) is 19.4 Å². The van der Waals surface area contributed by atoms with Gasteiger partial charge in [-0.3, -0.25) is 9.78 Å². The molecular weight excluding hydrogens is 178 g/mol. The van der Waals surface area contributed by atoms with E-state index in [0.717, 1.165) is 11.3 Å². The zero-order valence-corrected chi connectivity index (χ0v) is 8.40. The molecule has 0 aliphatic carbocycles. The Kier molecular flexibility index (Phi) is 1.84. The number of nitrogens with zero attached hydrogens (tertiary/aromatic N) is 3. The summed E-state index contributed by atoms with van der Waals surface area (Å²) in [5.74, 6) is 0. The Bertz CT molecular complexity index is 557. The predicted octanol–water partition coefficient (Wildman–Crippen LogP) is 0.945. The van der Waals surface area contributed by atoms with Gasteiger partial charge in [-0.2, -0.15) is 0 Å². The molecule has 0 amide bonds. The molecule has 0 atom stereocenters. The van der Waals surface area contributed by atoms with Gasteiger partial charge in [-0.1, -0.05) is 0 Å². The summed E-state index contributed by atoms with van der Waals surface area (Å²) in [6.45, 7) is 3.73. The summed E-state index contributed by atoms with van der Waals surface area (Å²) < 4.78 is 1.48. The van der Waals surface area contributed by atoms with Crippen molar-refractivity contribution < 1.29 is 0 Å². The zero-order chi connectivity index (χ0) is 10.3. The molecule has 0 fully saturated rings. The SMILES string of the molecule is Cc1ncc(C)c2c(=O)n(C)cnc12. The topological polar surface area (TPSA) is 47.8 Å². The first-order valence-electron chi connectivity index (χ1n) is 4.39. The van der Waals surface area contributed by atoms with Crippen LogP contribution in [0.3, 0.4) is 0 Å². The van der Waals surface area contributed by atoms with E-state index in [1.165, 1.54) is 10.9 Å². The van der Waals surface area contributed by atoms with Crippen molar-refractivity contribution in [1.29, 1.82) is 0 Å².